The molecule has 0 unspecified atom stereocenters. The minimum absolute atomic E-state index is 0.142. The van der Waals surface area contributed by atoms with Crippen molar-refractivity contribution in [3.05, 3.63) is 0 Å². The van der Waals surface area contributed by atoms with Crippen LogP contribution in [-0.4, -0.2) is 31.4 Å². The van der Waals surface area contributed by atoms with Crippen LogP contribution in [-0.2, 0) is 10.0 Å². The summed E-state index contributed by atoms with van der Waals surface area (Å²) in [6.07, 6.45) is 6.29. The summed E-state index contributed by atoms with van der Waals surface area (Å²) in [6.45, 7) is 2.01. The van der Waals surface area contributed by atoms with E-state index in [0.29, 0.717) is 19.3 Å². The largest absolute Gasteiger partial charge is 0.389 e. The summed E-state index contributed by atoms with van der Waals surface area (Å²) >= 11 is 0. The molecule has 0 amide bonds. The summed E-state index contributed by atoms with van der Waals surface area (Å²) in [7, 11) is -3.19. The van der Waals surface area contributed by atoms with Crippen LogP contribution in [0.4, 0.5) is 0 Å². The van der Waals surface area contributed by atoms with Crippen molar-refractivity contribution < 1.29 is 13.5 Å². The van der Waals surface area contributed by atoms with Crippen LogP contribution in [0.15, 0.2) is 0 Å². The topological polar surface area (TPSA) is 66.4 Å². The van der Waals surface area contributed by atoms with Gasteiger partial charge >= 0.3 is 0 Å². The maximum absolute atomic E-state index is 11.5. The Kier molecular flexibility index (Phi) is 5.21. The van der Waals surface area contributed by atoms with Crippen LogP contribution in [0.25, 0.3) is 0 Å². The molecule has 0 bridgehead atoms. The molecule has 0 saturated heterocycles. The van der Waals surface area contributed by atoms with Crippen LogP contribution >= 0.6 is 0 Å². The van der Waals surface area contributed by atoms with Gasteiger partial charge in [-0.3, -0.25) is 0 Å². The summed E-state index contributed by atoms with van der Waals surface area (Å²) in [5.41, 5.74) is -0.822. The van der Waals surface area contributed by atoms with E-state index in [4.69, 9.17) is 0 Å². The van der Waals surface area contributed by atoms with E-state index in [1.165, 1.54) is 0 Å². The average molecular weight is 249 g/mol. The SMILES string of the molecule is CCCS(=O)(=O)NCC1(O)CCCCCC1. The van der Waals surface area contributed by atoms with Crippen molar-refractivity contribution in [3.8, 4) is 0 Å². The van der Waals surface area contributed by atoms with Gasteiger partial charge in [0.05, 0.1) is 11.4 Å². The maximum Gasteiger partial charge on any atom is 0.211 e. The molecule has 0 heterocycles. The fourth-order valence-electron chi connectivity index (χ4n) is 2.15. The van der Waals surface area contributed by atoms with E-state index in [1.807, 2.05) is 6.92 Å². The van der Waals surface area contributed by atoms with Crippen molar-refractivity contribution >= 4 is 10.0 Å². The summed E-state index contributed by atoms with van der Waals surface area (Å²) in [4.78, 5) is 0. The van der Waals surface area contributed by atoms with Gasteiger partial charge < -0.3 is 5.11 Å². The Balaban J connectivity index is 2.46. The van der Waals surface area contributed by atoms with Gasteiger partial charge in [0.25, 0.3) is 0 Å². The van der Waals surface area contributed by atoms with Gasteiger partial charge in [-0.1, -0.05) is 32.6 Å². The molecule has 1 fully saturated rings. The molecule has 5 heteroatoms. The zero-order valence-electron chi connectivity index (χ0n) is 10.0. The predicted molar refractivity (Wildman–Crippen MR) is 64.7 cm³/mol. The van der Waals surface area contributed by atoms with Crippen LogP contribution in [0, 0.1) is 0 Å². The monoisotopic (exact) mass is 249 g/mol. The normalized spacial score (nSPS) is 21.6. The third-order valence-electron chi connectivity index (χ3n) is 3.13. The second kappa shape index (κ2) is 5.98. The van der Waals surface area contributed by atoms with E-state index in [2.05, 4.69) is 4.72 Å². The molecule has 0 aromatic rings. The second-order valence-electron chi connectivity index (χ2n) is 4.78. The number of aliphatic hydroxyl groups is 1. The fourth-order valence-corrected chi connectivity index (χ4v) is 3.32. The molecule has 96 valence electrons. The van der Waals surface area contributed by atoms with Crippen molar-refractivity contribution in [1.29, 1.82) is 0 Å². The van der Waals surface area contributed by atoms with Gasteiger partial charge in [0.1, 0.15) is 0 Å². The summed E-state index contributed by atoms with van der Waals surface area (Å²) in [5.74, 6) is 0.142. The molecule has 0 aliphatic heterocycles. The zero-order chi connectivity index (χ0) is 12.1. The molecule has 16 heavy (non-hydrogen) atoms. The lowest BCUT2D eigenvalue weighted by molar-refractivity contribution is 0.0303. The summed E-state index contributed by atoms with van der Waals surface area (Å²) in [6, 6.07) is 0. The first-order valence-corrected chi connectivity index (χ1v) is 7.82. The highest BCUT2D eigenvalue weighted by atomic mass is 32.2. The molecule has 0 spiro atoms. The van der Waals surface area contributed by atoms with E-state index < -0.39 is 15.6 Å². The quantitative estimate of drug-likeness (QED) is 0.724. The predicted octanol–water partition coefficient (Wildman–Crippen LogP) is 1.40. The molecule has 0 aromatic heterocycles. The summed E-state index contributed by atoms with van der Waals surface area (Å²) < 4.78 is 25.5. The molecular weight excluding hydrogens is 226 g/mol. The number of sulfonamides is 1. The standard InChI is InChI=1S/C11H23NO3S/c1-2-9-16(14,15)12-10-11(13)7-5-3-4-6-8-11/h12-13H,2-10H2,1H3. The maximum atomic E-state index is 11.5. The molecule has 1 rings (SSSR count). The molecule has 0 radical (unpaired) electrons. The molecule has 1 aliphatic rings. The van der Waals surface area contributed by atoms with E-state index >= 15 is 0 Å². The molecule has 1 saturated carbocycles. The minimum atomic E-state index is -3.19. The molecule has 0 atom stereocenters. The smallest absolute Gasteiger partial charge is 0.211 e. The second-order valence-corrected chi connectivity index (χ2v) is 6.70. The molecule has 2 N–H and O–H groups in total. The van der Waals surface area contributed by atoms with Crippen LogP contribution in [0.1, 0.15) is 51.9 Å². The van der Waals surface area contributed by atoms with Gasteiger partial charge in [-0.15, -0.1) is 0 Å². The minimum Gasteiger partial charge on any atom is -0.389 e. The van der Waals surface area contributed by atoms with Crippen LogP contribution < -0.4 is 4.72 Å². The van der Waals surface area contributed by atoms with Crippen LogP contribution in [0.3, 0.4) is 0 Å². The lowest BCUT2D eigenvalue weighted by Gasteiger charge is -2.26. The van der Waals surface area contributed by atoms with Crippen molar-refractivity contribution in [2.75, 3.05) is 12.3 Å². The van der Waals surface area contributed by atoms with E-state index in [9.17, 15) is 13.5 Å². The third-order valence-corrected chi connectivity index (χ3v) is 4.66. The highest BCUT2D eigenvalue weighted by Crippen LogP contribution is 2.26. The highest BCUT2D eigenvalue weighted by Gasteiger charge is 2.29. The fraction of sp³-hybridized carbons (Fsp3) is 1.00. The number of hydrogen-bond acceptors (Lipinski definition) is 3. The lowest BCUT2D eigenvalue weighted by Crippen LogP contribution is -2.43. The summed E-state index contributed by atoms with van der Waals surface area (Å²) in [5, 5.41) is 10.3. The van der Waals surface area contributed by atoms with Crippen molar-refractivity contribution in [2.24, 2.45) is 0 Å². The van der Waals surface area contributed by atoms with E-state index in [-0.39, 0.29) is 12.3 Å². The van der Waals surface area contributed by atoms with Crippen LogP contribution in [0.5, 0.6) is 0 Å². The first-order chi connectivity index (χ1) is 7.47. The zero-order valence-corrected chi connectivity index (χ0v) is 10.9. The Morgan fingerprint density at radius 1 is 1.19 bits per heavy atom. The Bertz CT molecular complexity index is 292. The number of hydrogen-bond donors (Lipinski definition) is 2. The van der Waals surface area contributed by atoms with Crippen molar-refractivity contribution in [3.63, 3.8) is 0 Å². The van der Waals surface area contributed by atoms with Crippen LogP contribution in [0.2, 0.25) is 0 Å². The number of rotatable bonds is 5. The Morgan fingerprint density at radius 2 is 1.75 bits per heavy atom. The Labute approximate surface area is 98.5 Å². The average Bonchev–Trinajstić information content (AvgIpc) is 2.41. The number of nitrogens with one attached hydrogen (secondary N) is 1. The lowest BCUT2D eigenvalue weighted by atomic mass is 9.95. The van der Waals surface area contributed by atoms with Gasteiger partial charge in [-0.25, -0.2) is 13.1 Å². The van der Waals surface area contributed by atoms with Gasteiger partial charge in [0.2, 0.25) is 10.0 Å². The third kappa shape index (κ3) is 4.80. The van der Waals surface area contributed by atoms with Crippen molar-refractivity contribution in [2.45, 2.75) is 57.5 Å². The first-order valence-electron chi connectivity index (χ1n) is 6.17. The highest BCUT2D eigenvalue weighted by molar-refractivity contribution is 7.89. The van der Waals surface area contributed by atoms with Gasteiger partial charge in [-0.05, 0) is 19.3 Å². The molecular formula is C11H23NO3S. The Hall–Kier alpha value is -0.130. The van der Waals surface area contributed by atoms with E-state index in [0.717, 1.165) is 25.7 Å². The Morgan fingerprint density at radius 3 is 2.25 bits per heavy atom. The van der Waals surface area contributed by atoms with Gasteiger partial charge in [0.15, 0.2) is 0 Å². The molecule has 1 aliphatic carbocycles. The van der Waals surface area contributed by atoms with Gasteiger partial charge in [0, 0.05) is 6.54 Å². The first kappa shape index (κ1) is 13.9. The molecule has 0 aromatic carbocycles. The van der Waals surface area contributed by atoms with Crippen molar-refractivity contribution in [1.82, 2.24) is 4.72 Å². The van der Waals surface area contributed by atoms with Gasteiger partial charge in [-0.2, -0.15) is 0 Å². The molecule has 4 nitrogen and oxygen atoms in total. The van der Waals surface area contributed by atoms with E-state index in [1.54, 1.807) is 0 Å².